The highest BCUT2D eigenvalue weighted by molar-refractivity contribution is 7.91. The molecule has 0 aromatic carbocycles. The maximum Gasteiger partial charge on any atom is 0.250 e. The van der Waals surface area contributed by atoms with E-state index in [0.717, 1.165) is 53.4 Å². The van der Waals surface area contributed by atoms with Crippen LogP contribution in [0.1, 0.15) is 17.7 Å². The van der Waals surface area contributed by atoms with Crippen LogP contribution in [0.15, 0.2) is 41.1 Å². The molecule has 1 aliphatic rings. The molecule has 0 bridgehead atoms. The Balaban J connectivity index is 1.64. The smallest absolute Gasteiger partial charge is 0.250 e. The molecule has 33 heavy (non-hydrogen) atoms. The first-order valence-electron chi connectivity index (χ1n) is 10.4. The number of fused-ring (bicyclic) bond motifs is 1. The number of hydrogen-bond acceptors (Lipinski definition) is 8. The van der Waals surface area contributed by atoms with Crippen LogP contribution in [0.4, 0.5) is 10.8 Å². The van der Waals surface area contributed by atoms with Gasteiger partial charge in [-0.05, 0) is 44.1 Å². The molecule has 3 N–H and O–H groups in total. The van der Waals surface area contributed by atoms with Gasteiger partial charge in [0.15, 0.2) is 11.5 Å². The van der Waals surface area contributed by atoms with E-state index in [9.17, 15) is 8.42 Å². The van der Waals surface area contributed by atoms with E-state index in [-0.39, 0.29) is 4.21 Å². The highest BCUT2D eigenvalue weighted by Gasteiger charge is 2.21. The van der Waals surface area contributed by atoms with Crippen molar-refractivity contribution >= 4 is 43.4 Å². The highest BCUT2D eigenvalue weighted by Crippen LogP contribution is 2.34. The predicted octanol–water partition coefficient (Wildman–Crippen LogP) is 2.53. The van der Waals surface area contributed by atoms with Crippen molar-refractivity contribution in [2.45, 2.75) is 17.6 Å². The van der Waals surface area contributed by atoms with Crippen molar-refractivity contribution < 1.29 is 8.42 Å². The average Bonchev–Trinajstić information content (AvgIpc) is 3.52. The summed E-state index contributed by atoms with van der Waals surface area (Å²) in [6.45, 7) is 3.46. The number of sulfonamides is 1. The van der Waals surface area contributed by atoms with Crippen molar-refractivity contribution in [1.82, 2.24) is 34.2 Å². The summed E-state index contributed by atoms with van der Waals surface area (Å²) in [5.41, 5.74) is 5.09. The molecule has 4 aromatic rings. The van der Waals surface area contributed by atoms with Crippen LogP contribution < -0.4 is 15.4 Å². The number of rotatable bonds is 6. The molecule has 0 unspecified atom stereocenters. The molecule has 0 radical (unpaired) electrons. The lowest BCUT2D eigenvalue weighted by Crippen LogP contribution is -2.22. The van der Waals surface area contributed by atoms with Gasteiger partial charge >= 0.3 is 0 Å². The van der Waals surface area contributed by atoms with Crippen molar-refractivity contribution in [1.29, 1.82) is 0 Å². The van der Waals surface area contributed by atoms with Gasteiger partial charge in [0.2, 0.25) is 10.0 Å². The molecule has 12 heteroatoms. The Morgan fingerprint density at radius 2 is 2.09 bits per heavy atom. The number of hydrogen-bond donors (Lipinski definition) is 3. The first kappa shape index (κ1) is 21.8. The zero-order valence-corrected chi connectivity index (χ0v) is 20.1. The third-order valence-corrected chi connectivity index (χ3v) is 8.68. The Bertz CT molecular complexity index is 1480. The van der Waals surface area contributed by atoms with E-state index in [1.807, 2.05) is 29.9 Å². The van der Waals surface area contributed by atoms with Crippen LogP contribution in [0.3, 0.4) is 0 Å². The van der Waals surface area contributed by atoms with Crippen LogP contribution in [-0.2, 0) is 17.1 Å². The van der Waals surface area contributed by atoms with Crippen LogP contribution in [-0.4, -0.2) is 52.7 Å². The predicted molar refractivity (Wildman–Crippen MR) is 129 cm³/mol. The molecular weight excluding hydrogens is 460 g/mol. The first-order valence-corrected chi connectivity index (χ1v) is 12.7. The minimum atomic E-state index is -3.54. The lowest BCUT2D eigenvalue weighted by atomic mass is 10.1. The summed E-state index contributed by atoms with van der Waals surface area (Å²) in [4.78, 5) is 9.49. The van der Waals surface area contributed by atoms with Gasteiger partial charge < -0.3 is 10.6 Å². The number of anilines is 2. The molecule has 4 aromatic heterocycles. The second-order valence-electron chi connectivity index (χ2n) is 7.82. The van der Waals surface area contributed by atoms with E-state index in [1.54, 1.807) is 24.0 Å². The Morgan fingerprint density at radius 3 is 2.79 bits per heavy atom. The summed E-state index contributed by atoms with van der Waals surface area (Å²) in [5, 5.41) is 11.7. The number of aromatic nitrogens is 5. The Kier molecular flexibility index (Phi) is 5.52. The molecule has 0 fully saturated rings. The fourth-order valence-corrected chi connectivity index (χ4v) is 6.27. The highest BCUT2D eigenvalue weighted by atomic mass is 32.2. The Morgan fingerprint density at radius 1 is 1.24 bits per heavy atom. The largest absolute Gasteiger partial charge is 0.329 e. The third-order valence-electron chi connectivity index (χ3n) is 5.48. The van der Waals surface area contributed by atoms with E-state index in [2.05, 4.69) is 31.5 Å². The maximum atomic E-state index is 12.3. The number of nitrogens with one attached hydrogen (secondary N) is 3. The molecule has 5 rings (SSSR count). The SMILES string of the molecule is CNS(=O)(=O)c1sc(Nc2nc(C3=CCCNC3)cn3c(-c4cnn(C)c4)cnc23)cc1C. The van der Waals surface area contributed by atoms with Crippen molar-refractivity contribution in [3.8, 4) is 11.3 Å². The van der Waals surface area contributed by atoms with Gasteiger partial charge in [-0.2, -0.15) is 5.10 Å². The number of thiophene rings is 1. The van der Waals surface area contributed by atoms with Crippen LogP contribution in [0.25, 0.3) is 22.5 Å². The van der Waals surface area contributed by atoms with Crippen LogP contribution >= 0.6 is 11.3 Å². The van der Waals surface area contributed by atoms with Crippen molar-refractivity contribution in [3.63, 3.8) is 0 Å². The maximum absolute atomic E-state index is 12.3. The first-order chi connectivity index (χ1) is 15.9. The van der Waals surface area contributed by atoms with Gasteiger partial charge in [0.1, 0.15) is 4.21 Å². The minimum absolute atomic E-state index is 0.276. The zero-order chi connectivity index (χ0) is 23.2. The molecule has 5 heterocycles. The Hall–Kier alpha value is -3.06. The number of nitrogens with zero attached hydrogens (tertiary/aromatic N) is 5. The minimum Gasteiger partial charge on any atom is -0.329 e. The summed E-state index contributed by atoms with van der Waals surface area (Å²) in [5.74, 6) is 0.559. The number of aryl methyl sites for hydroxylation is 2. The average molecular weight is 485 g/mol. The van der Waals surface area contributed by atoms with E-state index < -0.39 is 10.0 Å². The summed E-state index contributed by atoms with van der Waals surface area (Å²) in [6, 6.07) is 1.81. The van der Waals surface area contributed by atoms with E-state index in [4.69, 9.17) is 4.98 Å². The molecule has 172 valence electrons. The topological polar surface area (TPSA) is 118 Å². The molecule has 0 amide bonds. The molecule has 10 nitrogen and oxygen atoms in total. The zero-order valence-electron chi connectivity index (χ0n) is 18.5. The molecule has 0 spiro atoms. The van der Waals surface area contributed by atoms with Gasteiger partial charge in [0.25, 0.3) is 0 Å². The number of imidazole rings is 1. The lowest BCUT2D eigenvalue weighted by Gasteiger charge is -2.16. The summed E-state index contributed by atoms with van der Waals surface area (Å²) in [6.07, 6.45) is 10.7. The fourth-order valence-electron chi connectivity index (χ4n) is 3.84. The van der Waals surface area contributed by atoms with Crippen molar-refractivity contribution in [3.05, 3.63) is 48.2 Å². The third kappa shape index (κ3) is 4.06. The van der Waals surface area contributed by atoms with Crippen molar-refractivity contribution in [2.75, 3.05) is 25.5 Å². The second-order valence-corrected chi connectivity index (χ2v) is 11.0. The molecule has 1 aliphatic heterocycles. The molecule has 0 saturated carbocycles. The van der Waals surface area contributed by atoms with Gasteiger partial charge in [-0.25, -0.2) is 23.1 Å². The van der Waals surface area contributed by atoms with E-state index in [1.165, 1.54) is 7.05 Å². The van der Waals surface area contributed by atoms with E-state index in [0.29, 0.717) is 22.0 Å². The second kappa shape index (κ2) is 8.37. The summed E-state index contributed by atoms with van der Waals surface area (Å²) < 4.78 is 31.1. The molecule has 0 aliphatic carbocycles. The van der Waals surface area contributed by atoms with Crippen LogP contribution in [0.5, 0.6) is 0 Å². The molecule has 0 saturated heterocycles. The van der Waals surface area contributed by atoms with Gasteiger partial charge in [0.05, 0.1) is 28.8 Å². The Labute approximate surface area is 195 Å². The quantitative estimate of drug-likeness (QED) is 0.385. The standard InChI is InChI=1S/C21H24N8O2S2/c1-13-7-18(32-21(13)33(30,31)22-2)27-19-20-24-10-17(15-9-25-28(3)11-15)29(20)12-16(26-19)14-5-4-6-23-8-14/h5,7,9-12,22-23H,4,6,8H2,1-3H3,(H,26,27). The van der Waals surface area contributed by atoms with Gasteiger partial charge in [-0.15, -0.1) is 11.3 Å². The lowest BCUT2D eigenvalue weighted by molar-refractivity contribution is 0.590. The van der Waals surface area contributed by atoms with Gasteiger partial charge in [-0.1, -0.05) is 6.08 Å². The fraction of sp³-hybridized carbons (Fsp3) is 0.286. The normalized spacial score (nSPS) is 14.6. The van der Waals surface area contributed by atoms with Crippen LogP contribution in [0.2, 0.25) is 0 Å². The monoisotopic (exact) mass is 484 g/mol. The van der Waals surface area contributed by atoms with Crippen molar-refractivity contribution in [2.24, 2.45) is 7.05 Å². The van der Waals surface area contributed by atoms with E-state index >= 15 is 0 Å². The molecular formula is C21H24N8O2S2. The van der Waals surface area contributed by atoms with Crippen LogP contribution in [0, 0.1) is 6.92 Å². The van der Waals surface area contributed by atoms with Gasteiger partial charge in [-0.3, -0.25) is 9.08 Å². The summed E-state index contributed by atoms with van der Waals surface area (Å²) in [7, 11) is -0.252. The summed E-state index contributed by atoms with van der Waals surface area (Å²) >= 11 is 1.16. The van der Waals surface area contributed by atoms with Gasteiger partial charge in [0, 0.05) is 31.5 Å². The molecule has 0 atom stereocenters.